The van der Waals surface area contributed by atoms with Gasteiger partial charge in [0, 0.05) is 11.8 Å². The van der Waals surface area contributed by atoms with E-state index in [4.69, 9.17) is 4.74 Å². The van der Waals surface area contributed by atoms with Gasteiger partial charge in [-0.05, 0) is 48.0 Å². The van der Waals surface area contributed by atoms with Gasteiger partial charge in [0.1, 0.15) is 18.1 Å². The third-order valence-corrected chi connectivity index (χ3v) is 3.02. The van der Waals surface area contributed by atoms with Gasteiger partial charge in [0.15, 0.2) is 0 Å². The highest BCUT2D eigenvalue weighted by Gasteiger charge is 2.04. The molecule has 1 N–H and O–H groups in total. The Bertz CT molecular complexity index is 725. The number of rotatable bonds is 8. The average Bonchev–Trinajstić information content (AvgIpc) is 2.60. The van der Waals surface area contributed by atoms with Crippen LogP contribution in [0.25, 0.3) is 6.08 Å². The fourth-order valence-electron chi connectivity index (χ4n) is 1.91. The van der Waals surface area contributed by atoms with E-state index in [1.165, 1.54) is 30.3 Å². The molecule has 2 rings (SSSR count). The lowest BCUT2D eigenvalue weighted by Crippen LogP contribution is -2.08. The SMILES string of the molecule is C=CCOc1ccc(/C=C/C(=O)Nc2ccc(OC(F)F)cc2)cc1. The minimum atomic E-state index is -2.88. The Morgan fingerprint density at radius 3 is 2.32 bits per heavy atom. The van der Waals surface area contributed by atoms with Crippen LogP contribution in [0.5, 0.6) is 11.5 Å². The number of amides is 1. The van der Waals surface area contributed by atoms with E-state index in [-0.39, 0.29) is 11.7 Å². The van der Waals surface area contributed by atoms with E-state index in [1.807, 2.05) is 12.1 Å². The number of hydrogen-bond donors (Lipinski definition) is 1. The Kier molecular flexibility index (Phi) is 6.71. The molecule has 6 heteroatoms. The first-order valence-electron chi connectivity index (χ1n) is 7.44. The van der Waals surface area contributed by atoms with Crippen LogP contribution in [-0.4, -0.2) is 19.1 Å². The molecule has 2 aromatic carbocycles. The molecule has 0 atom stereocenters. The molecule has 2 aromatic rings. The normalized spacial score (nSPS) is 10.7. The number of hydrogen-bond acceptors (Lipinski definition) is 3. The summed E-state index contributed by atoms with van der Waals surface area (Å²) < 4.78 is 33.7. The number of ether oxygens (including phenoxy) is 2. The molecular formula is C19H17F2NO3. The number of alkyl halides is 2. The van der Waals surface area contributed by atoms with E-state index in [9.17, 15) is 13.6 Å². The standard InChI is InChI=1S/C19H17F2NO3/c1-2-13-24-16-8-3-14(4-9-16)5-12-18(23)22-15-6-10-17(11-7-15)25-19(20)21/h2-12,19H,1,13H2,(H,22,23)/b12-5+. The Morgan fingerprint density at radius 1 is 1.08 bits per heavy atom. The number of benzene rings is 2. The third-order valence-electron chi connectivity index (χ3n) is 3.02. The lowest BCUT2D eigenvalue weighted by atomic mass is 10.2. The summed E-state index contributed by atoms with van der Waals surface area (Å²) in [6.45, 7) is 1.12. The van der Waals surface area contributed by atoms with Gasteiger partial charge >= 0.3 is 6.61 Å². The van der Waals surface area contributed by atoms with Crippen molar-refractivity contribution in [2.45, 2.75) is 6.61 Å². The maximum atomic E-state index is 12.1. The zero-order chi connectivity index (χ0) is 18.1. The van der Waals surface area contributed by atoms with Crippen molar-refractivity contribution in [3.63, 3.8) is 0 Å². The minimum Gasteiger partial charge on any atom is -0.490 e. The monoisotopic (exact) mass is 345 g/mol. The van der Waals surface area contributed by atoms with Gasteiger partial charge in [0.05, 0.1) is 0 Å². The van der Waals surface area contributed by atoms with Crippen LogP contribution in [0.1, 0.15) is 5.56 Å². The first kappa shape index (κ1) is 18.2. The number of carbonyl (C=O) groups excluding carboxylic acids is 1. The molecule has 0 aliphatic rings. The van der Waals surface area contributed by atoms with Crippen LogP contribution in [0.15, 0.2) is 67.3 Å². The van der Waals surface area contributed by atoms with Crippen molar-refractivity contribution >= 4 is 17.7 Å². The molecule has 0 spiro atoms. The zero-order valence-corrected chi connectivity index (χ0v) is 13.3. The van der Waals surface area contributed by atoms with Crippen molar-refractivity contribution in [3.8, 4) is 11.5 Å². The van der Waals surface area contributed by atoms with Crippen molar-refractivity contribution < 1.29 is 23.0 Å². The fraction of sp³-hybridized carbons (Fsp3) is 0.105. The average molecular weight is 345 g/mol. The lowest BCUT2D eigenvalue weighted by Gasteiger charge is -2.06. The van der Waals surface area contributed by atoms with Gasteiger partial charge in [0.25, 0.3) is 0 Å². The lowest BCUT2D eigenvalue weighted by molar-refractivity contribution is -0.111. The molecule has 0 radical (unpaired) electrons. The summed E-state index contributed by atoms with van der Waals surface area (Å²) in [5.41, 5.74) is 1.31. The second-order valence-electron chi connectivity index (χ2n) is 4.89. The highest BCUT2D eigenvalue weighted by Crippen LogP contribution is 2.18. The zero-order valence-electron chi connectivity index (χ0n) is 13.3. The summed E-state index contributed by atoms with van der Waals surface area (Å²) in [5.74, 6) is 0.407. The fourth-order valence-corrected chi connectivity index (χ4v) is 1.91. The minimum absolute atomic E-state index is 0.0299. The van der Waals surface area contributed by atoms with Gasteiger partial charge in [-0.1, -0.05) is 24.8 Å². The highest BCUT2D eigenvalue weighted by atomic mass is 19.3. The summed E-state index contributed by atoms with van der Waals surface area (Å²) >= 11 is 0. The van der Waals surface area contributed by atoms with E-state index in [1.54, 1.807) is 24.3 Å². The summed E-state index contributed by atoms with van der Waals surface area (Å²) in [5, 5.41) is 2.63. The van der Waals surface area contributed by atoms with Crippen LogP contribution in [0, 0.1) is 0 Å². The second-order valence-corrected chi connectivity index (χ2v) is 4.89. The van der Waals surface area contributed by atoms with E-state index in [2.05, 4.69) is 16.6 Å². The Hall–Kier alpha value is -3.15. The molecule has 0 bridgehead atoms. The summed E-state index contributed by atoms with van der Waals surface area (Å²) in [4.78, 5) is 11.9. The maximum Gasteiger partial charge on any atom is 0.387 e. The van der Waals surface area contributed by atoms with Crippen molar-refractivity contribution in [1.29, 1.82) is 0 Å². The first-order valence-corrected chi connectivity index (χ1v) is 7.44. The van der Waals surface area contributed by atoms with E-state index < -0.39 is 6.61 Å². The van der Waals surface area contributed by atoms with Gasteiger partial charge in [-0.2, -0.15) is 8.78 Å². The summed E-state index contributed by atoms with van der Waals surface area (Å²) in [6.07, 6.45) is 4.69. The topological polar surface area (TPSA) is 47.6 Å². The van der Waals surface area contributed by atoms with Crippen molar-refractivity contribution in [2.75, 3.05) is 11.9 Å². The quantitative estimate of drug-likeness (QED) is 0.566. The number of nitrogens with one attached hydrogen (secondary N) is 1. The maximum absolute atomic E-state index is 12.1. The van der Waals surface area contributed by atoms with Crippen molar-refractivity contribution in [2.24, 2.45) is 0 Å². The van der Waals surface area contributed by atoms with Gasteiger partial charge in [0.2, 0.25) is 5.91 Å². The van der Waals surface area contributed by atoms with E-state index in [0.29, 0.717) is 18.0 Å². The van der Waals surface area contributed by atoms with Crippen LogP contribution >= 0.6 is 0 Å². The molecule has 0 saturated heterocycles. The molecule has 25 heavy (non-hydrogen) atoms. The molecule has 130 valence electrons. The van der Waals surface area contributed by atoms with Crippen LogP contribution in [0.4, 0.5) is 14.5 Å². The molecule has 0 fully saturated rings. The predicted molar refractivity (Wildman–Crippen MR) is 92.9 cm³/mol. The van der Waals surface area contributed by atoms with Crippen LogP contribution in [-0.2, 0) is 4.79 Å². The van der Waals surface area contributed by atoms with Crippen LogP contribution in [0.3, 0.4) is 0 Å². The van der Waals surface area contributed by atoms with Gasteiger partial charge in [-0.25, -0.2) is 0 Å². The Labute approximate surface area is 144 Å². The Morgan fingerprint density at radius 2 is 1.72 bits per heavy atom. The predicted octanol–water partition coefficient (Wildman–Crippen LogP) is 4.50. The molecule has 0 unspecified atom stereocenters. The smallest absolute Gasteiger partial charge is 0.387 e. The Balaban J connectivity index is 1.88. The van der Waals surface area contributed by atoms with Crippen LogP contribution < -0.4 is 14.8 Å². The molecule has 0 aliphatic heterocycles. The van der Waals surface area contributed by atoms with Gasteiger partial charge < -0.3 is 14.8 Å². The molecule has 4 nitrogen and oxygen atoms in total. The van der Waals surface area contributed by atoms with Crippen molar-refractivity contribution in [3.05, 3.63) is 72.8 Å². The molecular weight excluding hydrogens is 328 g/mol. The highest BCUT2D eigenvalue weighted by molar-refractivity contribution is 6.01. The number of anilines is 1. The third kappa shape index (κ3) is 6.47. The van der Waals surface area contributed by atoms with E-state index in [0.717, 1.165) is 5.56 Å². The second kappa shape index (κ2) is 9.22. The number of halogens is 2. The summed E-state index contributed by atoms with van der Waals surface area (Å²) in [6, 6.07) is 12.9. The number of carbonyl (C=O) groups is 1. The molecule has 0 heterocycles. The molecule has 1 amide bonds. The molecule has 0 saturated carbocycles. The van der Waals surface area contributed by atoms with E-state index >= 15 is 0 Å². The first-order chi connectivity index (χ1) is 12.1. The summed E-state index contributed by atoms with van der Waals surface area (Å²) in [7, 11) is 0. The van der Waals surface area contributed by atoms with Crippen LogP contribution in [0.2, 0.25) is 0 Å². The van der Waals surface area contributed by atoms with Gasteiger partial charge in [-0.15, -0.1) is 0 Å². The van der Waals surface area contributed by atoms with Crippen molar-refractivity contribution in [1.82, 2.24) is 0 Å². The largest absolute Gasteiger partial charge is 0.490 e. The van der Waals surface area contributed by atoms with Gasteiger partial charge in [-0.3, -0.25) is 4.79 Å². The molecule has 0 aromatic heterocycles. The molecule has 0 aliphatic carbocycles.